The third-order valence-electron chi connectivity index (χ3n) is 0.0278. The summed E-state index contributed by atoms with van der Waals surface area (Å²) >= 11 is 4.01. The van der Waals surface area contributed by atoms with Crippen LogP contribution < -0.4 is 0 Å². The van der Waals surface area contributed by atoms with E-state index in [0.717, 1.165) is 0 Å². The van der Waals surface area contributed by atoms with Crippen LogP contribution in [0.4, 0.5) is 0 Å². The van der Waals surface area contributed by atoms with Gasteiger partial charge in [0.25, 0.3) is 0 Å². The van der Waals surface area contributed by atoms with Gasteiger partial charge in [-0.3, -0.25) is 0 Å². The molecule has 0 aromatic heterocycles. The smallest absolute Gasteiger partial charge is 0 e. The van der Waals surface area contributed by atoms with E-state index in [2.05, 4.69) is 0 Å². The van der Waals surface area contributed by atoms with Crippen LogP contribution in [0, 0.1) is 0 Å². The third kappa shape index (κ3) is 15.6. The van der Waals surface area contributed by atoms with E-state index in [1.54, 1.807) is 17.0 Å². The first kappa shape index (κ1) is 16.2. The summed E-state index contributed by atoms with van der Waals surface area (Å²) in [5.41, 5.74) is 0. The Morgan fingerprint density at radius 1 is 1.00 bits per heavy atom. The molecule has 0 unspecified atom stereocenters. The van der Waals surface area contributed by atoms with Gasteiger partial charge in [-0.15, -0.1) is 0 Å². The maximum absolute atomic E-state index is 2.01. The molecular formula is AuMo2PtS2. The molecule has 0 amide bonds. The molecule has 0 N–H and O–H groups in total. The van der Waals surface area contributed by atoms with Crippen molar-refractivity contribution in [2.45, 2.75) is 0 Å². The van der Waals surface area contributed by atoms with Gasteiger partial charge in [0.15, 0.2) is 0 Å². The molecule has 0 rings (SSSR count). The number of hydrogen-bond donors (Lipinski definition) is 0. The van der Waals surface area contributed by atoms with Crippen LogP contribution in [0.1, 0.15) is 0 Å². The first-order valence-electron chi connectivity index (χ1n) is 0.500. The first-order chi connectivity index (χ1) is 1.91. The average Bonchev–Trinajstić information content (AvgIpc) is 1.37. The monoisotopic (exact) mass is 652 g/mol. The zero-order valence-corrected chi connectivity index (χ0v) is 12.3. The van der Waals surface area contributed by atoms with Gasteiger partial charge in [0, 0.05) is 43.4 Å². The van der Waals surface area contributed by atoms with E-state index < -0.39 is 0 Å². The third-order valence-corrected chi connectivity index (χ3v) is 8.75. The van der Waals surface area contributed by atoms with Crippen LogP contribution >= 0.6 is 17.0 Å². The molecule has 0 aromatic carbocycles. The minimum atomic E-state index is 0. The SMILES string of the molecule is [Au].[Mo][S][S][Mo].[Pt]. The predicted octanol–water partition coefficient (Wildman–Crippen LogP) is 1.29. The van der Waals surface area contributed by atoms with Gasteiger partial charge in [-0.05, 0) is 0 Å². The molecule has 0 spiro atoms. The van der Waals surface area contributed by atoms with E-state index in [4.69, 9.17) is 0 Å². The van der Waals surface area contributed by atoms with Gasteiger partial charge in [0.05, 0.1) is 0 Å². The van der Waals surface area contributed by atoms with Crippen molar-refractivity contribution < 1.29 is 80.5 Å². The molecule has 6 heavy (non-hydrogen) atoms. The fraction of sp³-hybridized carbons (Fsp3) is 0. The van der Waals surface area contributed by atoms with Gasteiger partial charge in [-0.25, -0.2) is 0 Å². The summed E-state index contributed by atoms with van der Waals surface area (Å²) in [6.07, 6.45) is 0. The Morgan fingerprint density at radius 2 is 1.17 bits per heavy atom. The molecule has 1 radical (unpaired) electrons. The maximum Gasteiger partial charge on any atom is 0 e. The molecule has 6 heteroatoms. The summed E-state index contributed by atoms with van der Waals surface area (Å²) < 4.78 is 0. The molecule has 0 aromatic rings. The van der Waals surface area contributed by atoms with Crippen LogP contribution in [0.2, 0.25) is 0 Å². The van der Waals surface area contributed by atoms with Gasteiger partial charge in [-0.2, -0.15) is 0 Å². The first-order valence-corrected chi connectivity index (χ1v) is 7.42. The summed E-state index contributed by atoms with van der Waals surface area (Å²) in [6.45, 7) is 0. The Bertz CT molecular complexity index is 13.5. The fourth-order valence-electron chi connectivity index (χ4n) is 0. The number of rotatable bonds is 1. The second-order valence-electron chi connectivity index (χ2n) is 0.136. The topological polar surface area (TPSA) is 0 Å². The molecule has 0 saturated heterocycles. The summed E-state index contributed by atoms with van der Waals surface area (Å²) in [5.74, 6) is 0. The van der Waals surface area contributed by atoms with Crippen LogP contribution in [-0.2, 0) is 80.5 Å². The van der Waals surface area contributed by atoms with Crippen molar-refractivity contribution >= 4 is 17.0 Å². The standard InChI is InChI=1S/Au.2Mo.Pt.S2/c;;;;1-2/q;2*+1;;-2. The molecule has 0 nitrogen and oxygen atoms in total. The van der Waals surface area contributed by atoms with E-state index in [1.165, 1.54) is 0 Å². The average molecular weight is 648 g/mol. The predicted molar refractivity (Wildman–Crippen MR) is 15.2 cm³/mol. The van der Waals surface area contributed by atoms with Crippen molar-refractivity contribution in [1.82, 2.24) is 0 Å². The van der Waals surface area contributed by atoms with Crippen LogP contribution in [0.3, 0.4) is 0 Å². The van der Waals surface area contributed by atoms with E-state index in [-0.39, 0.29) is 43.4 Å². The Morgan fingerprint density at radius 3 is 1.17 bits per heavy atom. The molecule has 0 saturated carbocycles. The minimum absolute atomic E-state index is 0. The summed E-state index contributed by atoms with van der Waals surface area (Å²) in [5, 5.41) is 0. The van der Waals surface area contributed by atoms with E-state index in [9.17, 15) is 0 Å². The Kier molecular flexibility index (Phi) is 42.8. The second kappa shape index (κ2) is 15.8. The van der Waals surface area contributed by atoms with Gasteiger partial charge in [0.1, 0.15) is 0 Å². The van der Waals surface area contributed by atoms with Gasteiger partial charge < -0.3 is 0 Å². The Hall–Kier alpha value is 3.51. The zero-order chi connectivity index (χ0) is 3.41. The fourth-order valence-corrected chi connectivity index (χ4v) is 0. The molecule has 0 heterocycles. The van der Waals surface area contributed by atoms with Gasteiger partial charge in [-0.1, -0.05) is 0 Å². The van der Waals surface area contributed by atoms with Crippen LogP contribution in [0.5, 0.6) is 0 Å². The largest absolute Gasteiger partial charge is 0 e. The van der Waals surface area contributed by atoms with Crippen LogP contribution in [-0.4, -0.2) is 0 Å². The van der Waals surface area contributed by atoms with Crippen LogP contribution in [0.25, 0.3) is 0 Å². The molecule has 0 aliphatic carbocycles. The quantitative estimate of drug-likeness (QED) is 0.311. The Balaban J connectivity index is -0.0000000450. The summed E-state index contributed by atoms with van der Waals surface area (Å²) in [6, 6.07) is 0. The van der Waals surface area contributed by atoms with Gasteiger partial charge in [0.2, 0.25) is 0 Å². The van der Waals surface area contributed by atoms with Crippen molar-refractivity contribution in [3.63, 3.8) is 0 Å². The van der Waals surface area contributed by atoms with Crippen molar-refractivity contribution in [3.05, 3.63) is 0 Å². The minimum Gasteiger partial charge on any atom is 0 e. The molecule has 45 valence electrons. The summed E-state index contributed by atoms with van der Waals surface area (Å²) in [4.78, 5) is 0. The van der Waals surface area contributed by atoms with Crippen molar-refractivity contribution in [2.75, 3.05) is 0 Å². The summed E-state index contributed by atoms with van der Waals surface area (Å²) in [7, 11) is 3.58. The van der Waals surface area contributed by atoms with Crippen molar-refractivity contribution in [2.24, 2.45) is 0 Å². The van der Waals surface area contributed by atoms with E-state index in [1.807, 2.05) is 37.1 Å². The van der Waals surface area contributed by atoms with Crippen molar-refractivity contribution in [1.29, 1.82) is 0 Å². The normalized spacial score (nSPS) is 4.67. The zero-order valence-electron chi connectivity index (χ0n) is 2.25. The second-order valence-corrected chi connectivity index (χ2v) is 7.25. The molecule has 0 bridgehead atoms. The number of hydrogen-bond acceptors (Lipinski definition) is 2. The van der Waals surface area contributed by atoms with E-state index >= 15 is 0 Å². The molecule has 0 fully saturated rings. The maximum atomic E-state index is 2.01. The van der Waals surface area contributed by atoms with Gasteiger partial charge >= 0.3 is 54.1 Å². The van der Waals surface area contributed by atoms with Crippen LogP contribution in [0.15, 0.2) is 0 Å². The Labute approximate surface area is 95.5 Å². The van der Waals surface area contributed by atoms with Crippen molar-refractivity contribution in [3.8, 4) is 0 Å². The molecule has 0 aliphatic rings. The molecule has 0 atom stereocenters. The van der Waals surface area contributed by atoms with E-state index in [0.29, 0.717) is 0 Å². The molecule has 0 aliphatic heterocycles. The molecular weight excluding hydrogens is 648 g/mol.